The van der Waals surface area contributed by atoms with E-state index in [2.05, 4.69) is 15.2 Å². The molecule has 3 aliphatic rings. The predicted molar refractivity (Wildman–Crippen MR) is 125 cm³/mol. The van der Waals surface area contributed by atoms with E-state index in [1.165, 1.54) is 10.6 Å². The van der Waals surface area contributed by atoms with Gasteiger partial charge in [-0.25, -0.2) is 8.42 Å². The van der Waals surface area contributed by atoms with Crippen molar-refractivity contribution in [3.63, 3.8) is 0 Å². The summed E-state index contributed by atoms with van der Waals surface area (Å²) >= 11 is 6.29. The molecule has 5 rings (SSSR count). The van der Waals surface area contributed by atoms with Gasteiger partial charge in [-0.3, -0.25) is 4.31 Å². The lowest BCUT2D eigenvalue weighted by molar-refractivity contribution is 0.142. The molecule has 0 atom stereocenters. The SMILES string of the molecule is CS(=O)(=O)N1CC=C(Cl)C=c2[nH]c3c(c21)CN=NC=3[C@H]1CC[C@H](Oc2ccccc2)CC1. The molecule has 2 aromatic rings. The first-order valence-corrected chi connectivity index (χ1v) is 13.0. The molecule has 1 saturated carbocycles. The normalized spacial score (nSPS) is 23.0. The second-order valence-corrected chi connectivity index (χ2v) is 10.8. The summed E-state index contributed by atoms with van der Waals surface area (Å²) in [7, 11) is -3.48. The number of azo groups is 1. The molecule has 1 fully saturated rings. The summed E-state index contributed by atoms with van der Waals surface area (Å²) in [6, 6.07) is 9.91. The molecule has 1 aliphatic carbocycles. The number of allylic oxidation sites excluding steroid dienone is 1. The van der Waals surface area contributed by atoms with Crippen molar-refractivity contribution in [2.24, 2.45) is 16.1 Å². The van der Waals surface area contributed by atoms with Crippen molar-refractivity contribution in [2.75, 3.05) is 17.1 Å². The maximum absolute atomic E-state index is 12.5. The van der Waals surface area contributed by atoms with E-state index < -0.39 is 10.0 Å². The van der Waals surface area contributed by atoms with Gasteiger partial charge in [-0.1, -0.05) is 29.8 Å². The van der Waals surface area contributed by atoms with E-state index in [9.17, 15) is 8.42 Å². The van der Waals surface area contributed by atoms with Gasteiger partial charge < -0.3 is 9.72 Å². The maximum atomic E-state index is 12.5. The van der Waals surface area contributed by atoms with E-state index in [1.807, 2.05) is 30.3 Å². The van der Waals surface area contributed by atoms with Crippen molar-refractivity contribution < 1.29 is 13.2 Å². The van der Waals surface area contributed by atoms with Crippen LogP contribution in [0.1, 0.15) is 31.2 Å². The van der Waals surface area contributed by atoms with Gasteiger partial charge >= 0.3 is 0 Å². The number of rotatable bonds is 4. The molecule has 0 saturated heterocycles. The molecule has 9 heteroatoms. The fraction of sp³-hybridized carbons (Fsp3) is 0.391. The summed E-state index contributed by atoms with van der Waals surface area (Å²) in [6.07, 6.45) is 8.63. The zero-order valence-electron chi connectivity index (χ0n) is 17.8. The number of nitrogens with zero attached hydrogens (tertiary/aromatic N) is 3. The van der Waals surface area contributed by atoms with Crippen LogP contribution in [0, 0.1) is 5.92 Å². The Morgan fingerprint density at radius 2 is 1.91 bits per heavy atom. The zero-order valence-corrected chi connectivity index (χ0v) is 19.4. The molecule has 0 spiro atoms. The Morgan fingerprint density at radius 1 is 1.16 bits per heavy atom. The van der Waals surface area contributed by atoms with Crippen LogP contribution in [0.25, 0.3) is 11.8 Å². The summed E-state index contributed by atoms with van der Waals surface area (Å²) in [6.45, 7) is 0.536. The maximum Gasteiger partial charge on any atom is 0.232 e. The third kappa shape index (κ3) is 4.09. The lowest BCUT2D eigenvalue weighted by atomic mass is 9.84. The Labute approximate surface area is 192 Å². The molecule has 0 bridgehead atoms. The summed E-state index contributed by atoms with van der Waals surface area (Å²) in [4.78, 5) is 3.42. The van der Waals surface area contributed by atoms with E-state index in [0.717, 1.165) is 48.0 Å². The number of hydrogen-bond donors (Lipinski definition) is 1. The molecule has 7 nitrogen and oxygen atoms in total. The van der Waals surface area contributed by atoms with Gasteiger partial charge in [0.25, 0.3) is 0 Å². The van der Waals surface area contributed by atoms with Crippen LogP contribution in [0.15, 0.2) is 51.7 Å². The van der Waals surface area contributed by atoms with E-state index in [1.54, 1.807) is 12.2 Å². The number of fused-ring (bicyclic) bond motifs is 3. The van der Waals surface area contributed by atoms with Gasteiger partial charge in [-0.2, -0.15) is 10.2 Å². The number of hydrogen-bond acceptors (Lipinski definition) is 5. The van der Waals surface area contributed by atoms with Crippen molar-refractivity contribution in [3.8, 4) is 5.75 Å². The quantitative estimate of drug-likeness (QED) is 0.739. The van der Waals surface area contributed by atoms with Gasteiger partial charge in [0.15, 0.2) is 0 Å². The summed E-state index contributed by atoms with van der Waals surface area (Å²) in [5.41, 5.74) is 2.40. The van der Waals surface area contributed by atoms with Gasteiger partial charge in [0.1, 0.15) is 5.75 Å². The van der Waals surface area contributed by atoms with Crippen LogP contribution in [0.2, 0.25) is 0 Å². The Hall–Kier alpha value is -2.58. The van der Waals surface area contributed by atoms with Crippen LogP contribution >= 0.6 is 11.6 Å². The van der Waals surface area contributed by atoms with Gasteiger partial charge in [0.05, 0.1) is 47.5 Å². The minimum Gasteiger partial charge on any atom is -0.490 e. The number of halogens is 1. The first kappa shape index (κ1) is 21.3. The average Bonchev–Trinajstić information content (AvgIpc) is 3.02. The molecule has 0 unspecified atom stereocenters. The Balaban J connectivity index is 1.47. The van der Waals surface area contributed by atoms with Gasteiger partial charge in [0.2, 0.25) is 10.0 Å². The van der Waals surface area contributed by atoms with Crippen LogP contribution < -0.4 is 19.7 Å². The summed E-state index contributed by atoms with van der Waals surface area (Å²) < 4.78 is 32.6. The van der Waals surface area contributed by atoms with Crippen molar-refractivity contribution in [1.82, 2.24) is 4.98 Å². The summed E-state index contributed by atoms with van der Waals surface area (Å²) in [5, 5.41) is 10.9. The molecular weight excluding hydrogens is 448 g/mol. The largest absolute Gasteiger partial charge is 0.490 e. The molecule has 1 aromatic carbocycles. The first-order valence-electron chi connectivity index (χ1n) is 10.8. The smallest absolute Gasteiger partial charge is 0.232 e. The number of para-hydroxylation sites is 1. The predicted octanol–water partition coefficient (Wildman–Crippen LogP) is 3.41. The highest BCUT2D eigenvalue weighted by Crippen LogP contribution is 2.35. The lowest BCUT2D eigenvalue weighted by Crippen LogP contribution is -2.33. The van der Waals surface area contributed by atoms with Gasteiger partial charge in [-0.05, 0) is 50.0 Å². The second-order valence-electron chi connectivity index (χ2n) is 8.46. The standard InChI is InChI=1S/C23H25ClN4O3S/c1-32(29,30)28-12-11-16(24)13-20-23(28)19-14-25-27-21(22(19)26-20)15-7-9-18(10-8-15)31-17-5-3-2-4-6-17/h2-6,11,13,15,18,26H,7-10,12,14H2,1H3/t15-,18-. The van der Waals surface area contributed by atoms with Crippen molar-refractivity contribution in [3.05, 3.63) is 57.7 Å². The first-order chi connectivity index (χ1) is 15.4. The number of ether oxygens (including phenoxy) is 1. The lowest BCUT2D eigenvalue weighted by Gasteiger charge is -2.29. The fourth-order valence-electron chi connectivity index (χ4n) is 4.74. The molecule has 1 aromatic heterocycles. The van der Waals surface area contributed by atoms with E-state index >= 15 is 0 Å². The van der Waals surface area contributed by atoms with Crippen LogP contribution in [0.5, 0.6) is 5.75 Å². The summed E-state index contributed by atoms with van der Waals surface area (Å²) in [5.74, 6) is 1.14. The van der Waals surface area contributed by atoms with Crippen LogP contribution in [-0.4, -0.2) is 32.3 Å². The number of sulfonamides is 1. The highest BCUT2D eigenvalue weighted by atomic mass is 35.5. The number of H-pyrrole nitrogens is 1. The highest BCUT2D eigenvalue weighted by molar-refractivity contribution is 7.92. The molecule has 3 heterocycles. The third-order valence-electron chi connectivity index (χ3n) is 6.26. The van der Waals surface area contributed by atoms with E-state index in [4.69, 9.17) is 16.3 Å². The van der Waals surface area contributed by atoms with Crippen LogP contribution in [0.3, 0.4) is 0 Å². The molecule has 0 amide bonds. The monoisotopic (exact) mass is 472 g/mol. The van der Waals surface area contributed by atoms with Crippen molar-refractivity contribution >= 4 is 39.1 Å². The molecule has 32 heavy (non-hydrogen) atoms. The second kappa shape index (κ2) is 8.41. The zero-order chi connectivity index (χ0) is 22.3. The number of nitrogens with one attached hydrogen (secondary N) is 1. The topological polar surface area (TPSA) is 87.1 Å². The number of aromatic nitrogens is 1. The highest BCUT2D eigenvalue weighted by Gasteiger charge is 2.31. The molecular formula is C23H25ClN4O3S. The van der Waals surface area contributed by atoms with Crippen LogP contribution in [0.4, 0.5) is 5.69 Å². The minimum absolute atomic E-state index is 0.188. The number of anilines is 1. The Bertz CT molecular complexity index is 1310. The number of benzene rings is 1. The molecule has 1 N–H and O–H groups in total. The molecule has 2 aliphatic heterocycles. The Kier molecular flexibility index (Phi) is 5.59. The molecule has 0 radical (unpaired) electrons. The third-order valence-corrected chi connectivity index (χ3v) is 7.65. The van der Waals surface area contributed by atoms with Crippen LogP contribution in [-0.2, 0) is 16.6 Å². The number of aromatic amines is 1. The fourth-order valence-corrected chi connectivity index (χ4v) is 5.80. The van der Waals surface area contributed by atoms with E-state index in [-0.39, 0.29) is 18.6 Å². The Morgan fingerprint density at radius 3 is 2.62 bits per heavy atom. The van der Waals surface area contributed by atoms with E-state index in [0.29, 0.717) is 22.6 Å². The van der Waals surface area contributed by atoms with Gasteiger partial charge in [-0.15, -0.1) is 0 Å². The van der Waals surface area contributed by atoms with Gasteiger partial charge in [0, 0.05) is 16.5 Å². The van der Waals surface area contributed by atoms with Crippen molar-refractivity contribution in [2.45, 2.75) is 38.3 Å². The molecule has 168 valence electrons. The minimum atomic E-state index is -3.48. The average molecular weight is 473 g/mol. The van der Waals surface area contributed by atoms with Crippen molar-refractivity contribution in [1.29, 1.82) is 0 Å².